The lowest BCUT2D eigenvalue weighted by Gasteiger charge is -2.35. The van der Waals surface area contributed by atoms with E-state index in [-0.39, 0.29) is 30.9 Å². The first kappa shape index (κ1) is 29.6. The minimum absolute atomic E-state index is 0.0387. The molecule has 4 atom stereocenters. The number of hydrogen-bond acceptors (Lipinski definition) is 10. The minimum atomic E-state index is -1.38. The fourth-order valence-corrected chi connectivity index (χ4v) is 5.08. The van der Waals surface area contributed by atoms with Gasteiger partial charge in [0, 0.05) is 10.5 Å². The molecular formula is C28H36N2O9. The smallest absolute Gasteiger partial charge is 0.248 e. The minimum Gasteiger partial charge on any atom is -0.493 e. The maximum atomic E-state index is 12.0. The average molecular weight is 545 g/mol. The van der Waals surface area contributed by atoms with Gasteiger partial charge in [-0.2, -0.15) is 5.26 Å². The molecule has 0 radical (unpaired) electrons. The Hall–Kier alpha value is -3.91. The summed E-state index contributed by atoms with van der Waals surface area (Å²) in [6.07, 6.45) is -1.77. The van der Waals surface area contributed by atoms with Gasteiger partial charge in [0.1, 0.15) is 6.10 Å². The molecule has 2 aromatic carbocycles. The van der Waals surface area contributed by atoms with Crippen molar-refractivity contribution in [3.8, 4) is 40.6 Å². The van der Waals surface area contributed by atoms with E-state index in [1.807, 2.05) is 13.8 Å². The van der Waals surface area contributed by atoms with Crippen molar-refractivity contribution < 1.29 is 38.5 Å². The number of hydrogen-bond donors (Lipinski definition) is 1. The number of fused-ring (bicyclic) bond motifs is 1. The fourth-order valence-electron chi connectivity index (χ4n) is 5.08. The molecule has 4 unspecified atom stereocenters. The van der Waals surface area contributed by atoms with Gasteiger partial charge in [-0.1, -0.05) is 32.4 Å². The van der Waals surface area contributed by atoms with Gasteiger partial charge in [-0.05, 0) is 37.0 Å². The van der Waals surface area contributed by atoms with Crippen molar-refractivity contribution in [3.63, 3.8) is 0 Å². The van der Waals surface area contributed by atoms with Gasteiger partial charge in [-0.3, -0.25) is 10.1 Å². The molecule has 0 aliphatic carbocycles. The molecule has 0 amide bonds. The van der Waals surface area contributed by atoms with Crippen LogP contribution in [0.2, 0.25) is 0 Å². The maximum absolute atomic E-state index is 12.0. The number of ether oxygens (including phenoxy) is 6. The summed E-state index contributed by atoms with van der Waals surface area (Å²) in [5.41, 5.74) is -0.717. The first-order valence-corrected chi connectivity index (χ1v) is 12.7. The van der Waals surface area contributed by atoms with Gasteiger partial charge in [0.25, 0.3) is 0 Å². The Morgan fingerprint density at radius 2 is 1.67 bits per heavy atom. The fraction of sp³-hybridized carbons (Fsp3) is 0.536. The lowest BCUT2D eigenvalue weighted by molar-refractivity contribution is -0.538. The van der Waals surface area contributed by atoms with Crippen LogP contribution in [-0.2, 0) is 5.41 Å². The molecule has 0 aromatic heterocycles. The highest BCUT2D eigenvalue weighted by molar-refractivity contribution is 5.65. The Morgan fingerprint density at radius 3 is 2.13 bits per heavy atom. The van der Waals surface area contributed by atoms with Gasteiger partial charge in [-0.25, -0.2) is 0 Å². The number of methoxy groups -OCH3 is 4. The van der Waals surface area contributed by atoms with Crippen LogP contribution < -0.4 is 28.4 Å². The van der Waals surface area contributed by atoms with E-state index in [2.05, 4.69) is 6.07 Å². The number of nitrogens with zero attached hydrogens (tertiary/aromatic N) is 2. The molecule has 0 bridgehead atoms. The second kappa shape index (κ2) is 12.8. The third-order valence-corrected chi connectivity index (χ3v) is 7.47. The van der Waals surface area contributed by atoms with Gasteiger partial charge < -0.3 is 33.5 Å². The van der Waals surface area contributed by atoms with Crippen molar-refractivity contribution in [2.75, 3.05) is 28.4 Å². The summed E-state index contributed by atoms with van der Waals surface area (Å²) in [6, 6.07) is 9.72. The zero-order chi connectivity index (χ0) is 28.7. The van der Waals surface area contributed by atoms with E-state index >= 15 is 0 Å². The molecule has 2 aromatic rings. The zero-order valence-electron chi connectivity index (χ0n) is 23.1. The van der Waals surface area contributed by atoms with Gasteiger partial charge in [0.05, 0.1) is 46.3 Å². The molecule has 3 rings (SSSR count). The maximum Gasteiger partial charge on any atom is 0.248 e. The summed E-state index contributed by atoms with van der Waals surface area (Å²) < 4.78 is 33.7. The van der Waals surface area contributed by atoms with E-state index in [1.54, 1.807) is 30.3 Å². The predicted molar refractivity (Wildman–Crippen MR) is 142 cm³/mol. The van der Waals surface area contributed by atoms with Crippen LogP contribution in [0.3, 0.4) is 0 Å². The molecule has 0 fully saturated rings. The number of rotatable bonds is 14. The third kappa shape index (κ3) is 5.76. The highest BCUT2D eigenvalue weighted by Crippen LogP contribution is 2.53. The number of nitriles is 1. The molecule has 11 heteroatoms. The molecule has 11 nitrogen and oxygen atoms in total. The SMILES string of the molecule is CCC(C)C(C#N)(CCC(O)C(CC1Oc2ccccc2O1)[N+](=O)[O-])c1cc(OC)c(OC)c(OC)c1OC. The standard InChI is InChI=1S/C28H36N2O9/c1-7-17(2)28(16-29,18-14-23(34-3)26(36-5)27(37-6)25(18)35-4)13-12-20(31)19(30(32)33)15-24-38-21-10-8-9-11-22(21)39-24/h8-11,14,17,19-20,24,31H,7,12-13,15H2,1-6H3. The van der Waals surface area contributed by atoms with Crippen molar-refractivity contribution >= 4 is 0 Å². The van der Waals surface area contributed by atoms with E-state index in [4.69, 9.17) is 28.4 Å². The van der Waals surface area contributed by atoms with Crippen molar-refractivity contribution in [2.24, 2.45) is 5.92 Å². The van der Waals surface area contributed by atoms with Crippen LogP contribution in [0.25, 0.3) is 0 Å². The highest BCUT2D eigenvalue weighted by atomic mass is 16.7. The second-order valence-electron chi connectivity index (χ2n) is 9.43. The summed E-state index contributed by atoms with van der Waals surface area (Å²) in [5, 5.41) is 33.7. The first-order chi connectivity index (χ1) is 18.7. The zero-order valence-corrected chi connectivity index (χ0v) is 23.1. The van der Waals surface area contributed by atoms with Crippen LogP contribution in [0.15, 0.2) is 30.3 Å². The normalized spacial score (nSPS) is 16.4. The molecule has 1 N–H and O–H groups in total. The summed E-state index contributed by atoms with van der Waals surface area (Å²) in [7, 11) is 5.86. The molecule has 212 valence electrons. The van der Waals surface area contributed by atoms with Gasteiger partial charge in [0.15, 0.2) is 23.0 Å². The van der Waals surface area contributed by atoms with Crippen LogP contribution >= 0.6 is 0 Å². The van der Waals surface area contributed by atoms with Crippen LogP contribution in [0.4, 0.5) is 0 Å². The number of benzene rings is 2. The van der Waals surface area contributed by atoms with Gasteiger partial charge in [0.2, 0.25) is 23.8 Å². The van der Waals surface area contributed by atoms with Crippen molar-refractivity contribution in [2.45, 2.75) is 63.4 Å². The van der Waals surface area contributed by atoms with Gasteiger partial charge >= 0.3 is 0 Å². The number of para-hydroxylation sites is 2. The molecule has 1 aliphatic rings. The molecule has 1 heterocycles. The number of aliphatic hydroxyl groups excluding tert-OH is 1. The van der Waals surface area contributed by atoms with E-state index in [0.29, 0.717) is 40.7 Å². The average Bonchev–Trinajstić information content (AvgIpc) is 3.37. The van der Waals surface area contributed by atoms with Gasteiger partial charge in [-0.15, -0.1) is 0 Å². The molecule has 0 spiro atoms. The Morgan fingerprint density at radius 1 is 1.08 bits per heavy atom. The van der Waals surface area contributed by atoms with Crippen LogP contribution in [-0.4, -0.2) is 56.9 Å². The van der Waals surface area contributed by atoms with Crippen molar-refractivity contribution in [1.82, 2.24) is 0 Å². The number of nitro groups is 1. The van der Waals surface area contributed by atoms with E-state index < -0.39 is 28.8 Å². The Bertz CT molecular complexity index is 1170. The summed E-state index contributed by atoms with van der Waals surface area (Å²) >= 11 is 0. The Kier molecular flexibility index (Phi) is 9.70. The quantitative estimate of drug-likeness (QED) is 0.267. The largest absolute Gasteiger partial charge is 0.493 e. The summed E-state index contributed by atoms with van der Waals surface area (Å²) in [5.74, 6) is 1.97. The highest BCUT2D eigenvalue weighted by Gasteiger charge is 2.45. The van der Waals surface area contributed by atoms with E-state index in [9.17, 15) is 20.5 Å². The van der Waals surface area contributed by atoms with E-state index in [1.165, 1.54) is 28.4 Å². The monoisotopic (exact) mass is 544 g/mol. The molecule has 1 aliphatic heterocycles. The van der Waals surface area contributed by atoms with E-state index in [0.717, 1.165) is 0 Å². The molecule has 0 saturated carbocycles. The topological polar surface area (TPSA) is 143 Å². The second-order valence-corrected chi connectivity index (χ2v) is 9.43. The molecule has 0 saturated heterocycles. The summed E-state index contributed by atoms with van der Waals surface area (Å²) in [4.78, 5) is 11.5. The Balaban J connectivity index is 1.94. The molecule has 39 heavy (non-hydrogen) atoms. The summed E-state index contributed by atoms with van der Waals surface area (Å²) in [6.45, 7) is 3.87. The van der Waals surface area contributed by atoms with Crippen LogP contribution in [0.1, 0.15) is 45.1 Å². The Labute approximate surface area is 228 Å². The number of aliphatic hydroxyl groups is 1. The van der Waals surface area contributed by atoms with Crippen LogP contribution in [0.5, 0.6) is 34.5 Å². The lowest BCUT2D eigenvalue weighted by Crippen LogP contribution is -2.41. The molecular weight excluding hydrogens is 508 g/mol. The lowest BCUT2D eigenvalue weighted by atomic mass is 9.67. The first-order valence-electron chi connectivity index (χ1n) is 12.7. The van der Waals surface area contributed by atoms with Crippen molar-refractivity contribution in [1.29, 1.82) is 5.26 Å². The van der Waals surface area contributed by atoms with Crippen molar-refractivity contribution in [3.05, 3.63) is 46.0 Å². The third-order valence-electron chi connectivity index (χ3n) is 7.47. The predicted octanol–water partition coefficient (Wildman–Crippen LogP) is 4.50. The van der Waals surface area contributed by atoms with Crippen LogP contribution in [0, 0.1) is 27.4 Å².